The number of thiophene rings is 1. The molecule has 7 rings (SSSR count). The van der Waals surface area contributed by atoms with Crippen LogP contribution in [0.2, 0.25) is 0 Å². The second-order valence-corrected chi connectivity index (χ2v) is 14.3. The predicted molar refractivity (Wildman–Crippen MR) is 178 cm³/mol. The third kappa shape index (κ3) is 5.16. The molecule has 1 N–H and O–H groups in total. The molecule has 0 unspecified atom stereocenters. The Hall–Kier alpha value is -4.58. The second kappa shape index (κ2) is 11.4. The fourth-order valence-electron chi connectivity index (χ4n) is 5.87. The zero-order valence-electron chi connectivity index (χ0n) is 24.7. The van der Waals surface area contributed by atoms with Gasteiger partial charge < -0.3 is 14.8 Å². The van der Waals surface area contributed by atoms with Gasteiger partial charge in [-0.3, -0.25) is 9.10 Å². The molecule has 0 aliphatic carbocycles. The predicted octanol–water partition coefficient (Wildman–Crippen LogP) is 6.46. The molecule has 228 valence electrons. The maximum absolute atomic E-state index is 15.6. The van der Waals surface area contributed by atoms with E-state index < -0.39 is 15.8 Å². The number of piperazine rings is 1. The van der Waals surface area contributed by atoms with Crippen LogP contribution in [0.1, 0.15) is 10.4 Å². The molecule has 45 heavy (non-hydrogen) atoms. The third-order valence-electron chi connectivity index (χ3n) is 8.45. The smallest absolute Gasteiger partial charge is 0.273 e. The summed E-state index contributed by atoms with van der Waals surface area (Å²) in [6, 6.07) is 22.6. The summed E-state index contributed by atoms with van der Waals surface area (Å²) in [6.07, 6.45) is 1.71. The number of aromatic amines is 1. The van der Waals surface area contributed by atoms with Gasteiger partial charge in [-0.2, -0.15) is 0 Å². The SMILES string of the molecule is CN1CCN(C(=O)c2ccc(-c3cnc4[nH]c5ccc(N(C)S(=O)(=O)c6cccs6)cc5c4c3-c3ccccc3F)cc2)CC1. The van der Waals surface area contributed by atoms with Gasteiger partial charge in [0.25, 0.3) is 15.9 Å². The highest BCUT2D eigenvalue weighted by molar-refractivity contribution is 7.94. The molecule has 0 radical (unpaired) electrons. The van der Waals surface area contributed by atoms with E-state index >= 15 is 4.39 Å². The van der Waals surface area contributed by atoms with Crippen LogP contribution in [-0.2, 0) is 10.0 Å². The molecule has 3 aromatic heterocycles. The van der Waals surface area contributed by atoms with Gasteiger partial charge in [0.15, 0.2) is 0 Å². The average molecular weight is 640 g/mol. The fourth-order valence-corrected chi connectivity index (χ4v) is 8.22. The summed E-state index contributed by atoms with van der Waals surface area (Å²) in [5.41, 5.74) is 4.84. The lowest BCUT2D eigenvalue weighted by molar-refractivity contribution is 0.0664. The number of nitrogens with zero attached hydrogens (tertiary/aromatic N) is 4. The summed E-state index contributed by atoms with van der Waals surface area (Å²) in [6.45, 7) is 3.04. The number of pyridine rings is 1. The van der Waals surface area contributed by atoms with E-state index in [2.05, 4.69) is 16.9 Å². The molecule has 1 amide bonds. The van der Waals surface area contributed by atoms with Crippen molar-refractivity contribution >= 4 is 54.9 Å². The largest absolute Gasteiger partial charge is 0.339 e. The van der Waals surface area contributed by atoms with E-state index in [1.165, 1.54) is 17.4 Å². The first-order valence-corrected chi connectivity index (χ1v) is 16.8. The topological polar surface area (TPSA) is 89.6 Å². The highest BCUT2D eigenvalue weighted by atomic mass is 32.2. The molecule has 0 saturated carbocycles. The first-order chi connectivity index (χ1) is 21.7. The van der Waals surface area contributed by atoms with E-state index in [0.29, 0.717) is 57.5 Å². The number of rotatable bonds is 6. The van der Waals surface area contributed by atoms with Crippen LogP contribution in [-0.4, -0.2) is 74.4 Å². The van der Waals surface area contributed by atoms with Gasteiger partial charge in [-0.1, -0.05) is 36.4 Å². The summed E-state index contributed by atoms with van der Waals surface area (Å²) in [5, 5.41) is 3.12. The monoisotopic (exact) mass is 639 g/mol. The zero-order chi connectivity index (χ0) is 31.3. The third-order valence-corrected chi connectivity index (χ3v) is 11.6. The van der Waals surface area contributed by atoms with Crippen molar-refractivity contribution in [3.05, 3.63) is 102 Å². The van der Waals surface area contributed by atoms with Gasteiger partial charge in [0, 0.05) is 78.0 Å². The molecule has 11 heteroatoms. The summed E-state index contributed by atoms with van der Waals surface area (Å²) < 4.78 is 43.7. The van der Waals surface area contributed by atoms with Crippen molar-refractivity contribution in [3.8, 4) is 22.3 Å². The van der Waals surface area contributed by atoms with E-state index in [9.17, 15) is 13.2 Å². The number of hydrogen-bond acceptors (Lipinski definition) is 6. The number of anilines is 1. The number of benzene rings is 3. The number of amides is 1. The Bertz CT molecular complexity index is 2150. The lowest BCUT2D eigenvalue weighted by atomic mass is 9.92. The molecule has 1 aliphatic heterocycles. The van der Waals surface area contributed by atoms with E-state index in [1.807, 2.05) is 35.2 Å². The van der Waals surface area contributed by atoms with Crippen molar-refractivity contribution in [1.29, 1.82) is 0 Å². The molecule has 4 heterocycles. The molecule has 8 nitrogen and oxygen atoms in total. The van der Waals surface area contributed by atoms with Crippen LogP contribution in [0.4, 0.5) is 10.1 Å². The molecular formula is C34H30FN5O3S2. The first-order valence-electron chi connectivity index (χ1n) is 14.5. The molecule has 0 spiro atoms. The van der Waals surface area contributed by atoms with Crippen LogP contribution in [0.15, 0.2) is 94.6 Å². The van der Waals surface area contributed by atoms with Crippen LogP contribution in [0.5, 0.6) is 0 Å². The minimum atomic E-state index is -3.76. The Morgan fingerprint density at radius 1 is 0.956 bits per heavy atom. The quantitative estimate of drug-likeness (QED) is 0.226. The van der Waals surface area contributed by atoms with Crippen LogP contribution in [0.25, 0.3) is 44.2 Å². The van der Waals surface area contributed by atoms with Gasteiger partial charge in [-0.15, -0.1) is 11.3 Å². The van der Waals surface area contributed by atoms with E-state index in [1.54, 1.807) is 54.0 Å². The van der Waals surface area contributed by atoms with Gasteiger partial charge in [-0.05, 0) is 60.5 Å². The number of fused-ring (bicyclic) bond motifs is 3. The highest BCUT2D eigenvalue weighted by Crippen LogP contribution is 2.42. The number of sulfonamides is 1. The van der Waals surface area contributed by atoms with Crippen molar-refractivity contribution in [2.45, 2.75) is 4.21 Å². The number of halogens is 1. The Balaban J connectivity index is 1.37. The molecule has 1 fully saturated rings. The number of carbonyl (C=O) groups is 1. The molecule has 6 aromatic rings. The number of aromatic nitrogens is 2. The summed E-state index contributed by atoms with van der Waals surface area (Å²) >= 11 is 1.16. The normalized spacial score (nSPS) is 14.3. The van der Waals surface area contributed by atoms with Crippen molar-refractivity contribution in [2.75, 3.05) is 44.6 Å². The van der Waals surface area contributed by atoms with Gasteiger partial charge in [0.05, 0.1) is 5.69 Å². The van der Waals surface area contributed by atoms with E-state index in [4.69, 9.17) is 4.98 Å². The highest BCUT2D eigenvalue weighted by Gasteiger charge is 2.25. The molecule has 0 bridgehead atoms. The number of nitrogens with one attached hydrogen (secondary N) is 1. The number of carbonyl (C=O) groups excluding carboxylic acids is 1. The van der Waals surface area contributed by atoms with Crippen molar-refractivity contribution in [1.82, 2.24) is 19.8 Å². The first kappa shape index (κ1) is 29.1. The maximum Gasteiger partial charge on any atom is 0.273 e. The molecule has 1 aliphatic rings. The van der Waals surface area contributed by atoms with Crippen LogP contribution < -0.4 is 4.31 Å². The molecule has 1 saturated heterocycles. The summed E-state index contributed by atoms with van der Waals surface area (Å²) in [4.78, 5) is 25.3. The van der Waals surface area contributed by atoms with E-state index in [0.717, 1.165) is 35.5 Å². The number of hydrogen-bond donors (Lipinski definition) is 1. The van der Waals surface area contributed by atoms with Crippen LogP contribution in [0.3, 0.4) is 0 Å². The van der Waals surface area contributed by atoms with Crippen LogP contribution in [0, 0.1) is 5.82 Å². The summed E-state index contributed by atoms with van der Waals surface area (Å²) in [5.74, 6) is -0.403. The second-order valence-electron chi connectivity index (χ2n) is 11.2. The maximum atomic E-state index is 15.6. The fraction of sp³-hybridized carbons (Fsp3) is 0.176. The van der Waals surface area contributed by atoms with Gasteiger partial charge in [0.1, 0.15) is 15.7 Å². The van der Waals surface area contributed by atoms with Crippen LogP contribution >= 0.6 is 11.3 Å². The number of likely N-dealkylation sites (N-methyl/N-ethyl adjacent to an activating group) is 1. The van der Waals surface area contributed by atoms with Crippen molar-refractivity contribution < 1.29 is 17.6 Å². The molecule has 3 aromatic carbocycles. The molecular weight excluding hydrogens is 610 g/mol. The standard InChI is InChI=1S/C34H30FN5O3S2/c1-38-15-17-40(18-16-38)34(41)23-11-9-22(10-12-23)27-21-36-33-32(31(27)25-6-3-4-7-28(25)35)26-20-24(13-14-29(26)37-33)39(2)45(42,43)30-8-5-19-44-30/h3-14,19-21H,15-18H2,1-2H3,(H,36,37). The molecule has 0 atom stereocenters. The van der Waals surface area contributed by atoms with Gasteiger partial charge >= 0.3 is 0 Å². The lowest BCUT2D eigenvalue weighted by Crippen LogP contribution is -2.47. The Labute approximate surface area is 264 Å². The minimum Gasteiger partial charge on any atom is -0.339 e. The number of H-pyrrole nitrogens is 1. The lowest BCUT2D eigenvalue weighted by Gasteiger charge is -2.32. The summed E-state index contributed by atoms with van der Waals surface area (Å²) in [7, 11) is -0.188. The minimum absolute atomic E-state index is 0.0108. The van der Waals surface area contributed by atoms with E-state index in [-0.39, 0.29) is 10.1 Å². The Kier molecular flexibility index (Phi) is 7.39. The Morgan fingerprint density at radius 3 is 2.42 bits per heavy atom. The van der Waals surface area contributed by atoms with Crippen molar-refractivity contribution in [2.24, 2.45) is 0 Å². The zero-order valence-corrected chi connectivity index (χ0v) is 26.3. The average Bonchev–Trinajstić information content (AvgIpc) is 3.73. The van der Waals surface area contributed by atoms with Gasteiger partial charge in [0.2, 0.25) is 0 Å². The van der Waals surface area contributed by atoms with Crippen molar-refractivity contribution in [3.63, 3.8) is 0 Å². The Morgan fingerprint density at radius 2 is 1.71 bits per heavy atom. The van der Waals surface area contributed by atoms with Gasteiger partial charge in [-0.25, -0.2) is 17.8 Å².